The summed E-state index contributed by atoms with van der Waals surface area (Å²) in [5, 5.41) is 12.7. The van der Waals surface area contributed by atoms with Crippen LogP contribution in [0.3, 0.4) is 0 Å². The standard InChI is InChI=1S/C34H39NO11/c1-3-41-32(36)31(33(37)42-4-2)46-34-28(35(38)39)30(44-22-26-18-12-7-13-19-26)29(43-21-25-16-10-6-11-17-25)27(45-34)23-40-20-24-14-8-5-9-15-24/h5-19,27-31,34H,3-4,20-23H2,1-2H3/t27-,28-,29+,30-,34+/m1/s1. The SMILES string of the molecule is CCOC(=O)C(O[C@@H]1O[C@H](COCc2ccccc2)[C@H](OCc2ccccc2)[C@H](OCc2ccccc2)[C@H]1[N+](=O)[O-])C(=O)OCC. The molecule has 246 valence electrons. The maximum Gasteiger partial charge on any atom is 0.347 e. The lowest BCUT2D eigenvalue weighted by Gasteiger charge is -2.42. The Morgan fingerprint density at radius 2 is 1.20 bits per heavy atom. The van der Waals surface area contributed by atoms with Gasteiger partial charge in [-0.1, -0.05) is 91.0 Å². The predicted molar refractivity (Wildman–Crippen MR) is 164 cm³/mol. The molecule has 0 radical (unpaired) electrons. The van der Waals surface area contributed by atoms with E-state index in [0.717, 1.165) is 16.7 Å². The molecule has 1 aliphatic heterocycles. The first-order chi connectivity index (χ1) is 22.4. The average molecular weight is 638 g/mol. The Balaban J connectivity index is 1.68. The van der Waals surface area contributed by atoms with E-state index < -0.39 is 53.6 Å². The van der Waals surface area contributed by atoms with Crippen LogP contribution < -0.4 is 0 Å². The summed E-state index contributed by atoms with van der Waals surface area (Å²) >= 11 is 0. The highest BCUT2D eigenvalue weighted by Gasteiger charge is 2.56. The predicted octanol–water partition coefficient (Wildman–Crippen LogP) is 4.26. The molecule has 0 amide bonds. The minimum atomic E-state index is -1.94. The van der Waals surface area contributed by atoms with Gasteiger partial charge in [-0.15, -0.1) is 0 Å². The Morgan fingerprint density at radius 3 is 1.65 bits per heavy atom. The molecular formula is C34H39NO11. The molecule has 0 bridgehead atoms. The van der Waals surface area contributed by atoms with Gasteiger partial charge < -0.3 is 33.2 Å². The second-order valence-corrected chi connectivity index (χ2v) is 10.4. The first kappa shape index (κ1) is 34.7. The molecule has 4 rings (SSSR count). The minimum absolute atomic E-state index is 0.00450. The molecule has 0 spiro atoms. The number of rotatable bonds is 17. The van der Waals surface area contributed by atoms with Crippen molar-refractivity contribution in [3.05, 3.63) is 118 Å². The van der Waals surface area contributed by atoms with E-state index in [0.29, 0.717) is 0 Å². The molecule has 0 unspecified atom stereocenters. The molecule has 1 heterocycles. The maximum absolute atomic E-state index is 12.8. The lowest BCUT2D eigenvalue weighted by Crippen LogP contribution is -2.64. The molecule has 0 saturated carbocycles. The van der Waals surface area contributed by atoms with Gasteiger partial charge in [-0.05, 0) is 30.5 Å². The zero-order valence-electron chi connectivity index (χ0n) is 25.8. The van der Waals surface area contributed by atoms with Crippen LogP contribution in [0.1, 0.15) is 30.5 Å². The Bertz CT molecular complexity index is 1340. The second kappa shape index (κ2) is 18.1. The molecule has 0 aromatic heterocycles. The van der Waals surface area contributed by atoms with E-state index in [9.17, 15) is 19.7 Å². The quantitative estimate of drug-likeness (QED) is 0.0907. The van der Waals surface area contributed by atoms with E-state index in [1.807, 2.05) is 91.0 Å². The maximum atomic E-state index is 12.8. The molecule has 3 aromatic carbocycles. The van der Waals surface area contributed by atoms with Crippen LogP contribution in [-0.4, -0.2) is 73.4 Å². The van der Waals surface area contributed by atoms with E-state index in [1.165, 1.54) is 0 Å². The third-order valence-electron chi connectivity index (χ3n) is 7.09. The van der Waals surface area contributed by atoms with Gasteiger partial charge in [0.15, 0.2) is 6.10 Å². The molecule has 12 nitrogen and oxygen atoms in total. The molecule has 46 heavy (non-hydrogen) atoms. The number of esters is 2. The van der Waals surface area contributed by atoms with Crippen LogP contribution in [0.25, 0.3) is 0 Å². The third-order valence-corrected chi connectivity index (χ3v) is 7.09. The summed E-state index contributed by atoms with van der Waals surface area (Å²) in [6.07, 6.45) is -6.92. The van der Waals surface area contributed by atoms with E-state index in [-0.39, 0.29) is 39.6 Å². The van der Waals surface area contributed by atoms with Gasteiger partial charge in [0.2, 0.25) is 6.29 Å². The highest BCUT2D eigenvalue weighted by molar-refractivity contribution is 5.98. The van der Waals surface area contributed by atoms with Crippen molar-refractivity contribution in [2.75, 3.05) is 19.8 Å². The van der Waals surface area contributed by atoms with Gasteiger partial charge in [0.05, 0.1) is 39.6 Å². The normalized spacial score (nSPS) is 21.1. The number of ether oxygens (including phenoxy) is 7. The highest BCUT2D eigenvalue weighted by Crippen LogP contribution is 2.31. The van der Waals surface area contributed by atoms with Gasteiger partial charge in [0, 0.05) is 4.92 Å². The zero-order chi connectivity index (χ0) is 32.7. The summed E-state index contributed by atoms with van der Waals surface area (Å²) in [5.41, 5.74) is 2.50. The lowest BCUT2D eigenvalue weighted by atomic mass is 9.96. The summed E-state index contributed by atoms with van der Waals surface area (Å²) in [4.78, 5) is 37.7. The summed E-state index contributed by atoms with van der Waals surface area (Å²) in [5.74, 6) is -2.12. The van der Waals surface area contributed by atoms with Crippen molar-refractivity contribution in [3.8, 4) is 0 Å². The van der Waals surface area contributed by atoms with Crippen molar-refractivity contribution in [2.24, 2.45) is 0 Å². The van der Waals surface area contributed by atoms with E-state index >= 15 is 0 Å². The molecule has 12 heteroatoms. The van der Waals surface area contributed by atoms with Crippen LogP contribution in [0.5, 0.6) is 0 Å². The highest BCUT2D eigenvalue weighted by atomic mass is 16.7. The Morgan fingerprint density at radius 1 is 0.739 bits per heavy atom. The summed E-state index contributed by atoms with van der Waals surface area (Å²) in [6, 6.07) is 26.2. The fourth-order valence-corrected chi connectivity index (χ4v) is 4.93. The number of nitro groups is 1. The molecule has 5 atom stereocenters. The lowest BCUT2D eigenvalue weighted by molar-refractivity contribution is -0.577. The van der Waals surface area contributed by atoms with Gasteiger partial charge in [-0.25, -0.2) is 9.59 Å². The van der Waals surface area contributed by atoms with Crippen LogP contribution in [-0.2, 0) is 62.6 Å². The zero-order valence-corrected chi connectivity index (χ0v) is 25.8. The number of hydrogen-bond donors (Lipinski definition) is 0. The minimum Gasteiger partial charge on any atom is -0.464 e. The van der Waals surface area contributed by atoms with Crippen LogP contribution in [0, 0.1) is 10.1 Å². The molecule has 0 aliphatic carbocycles. The van der Waals surface area contributed by atoms with Crippen molar-refractivity contribution < 1.29 is 47.7 Å². The monoisotopic (exact) mass is 637 g/mol. The first-order valence-corrected chi connectivity index (χ1v) is 15.1. The van der Waals surface area contributed by atoms with Crippen LogP contribution in [0.4, 0.5) is 0 Å². The van der Waals surface area contributed by atoms with Crippen molar-refractivity contribution in [2.45, 2.75) is 70.4 Å². The van der Waals surface area contributed by atoms with E-state index in [1.54, 1.807) is 13.8 Å². The fraction of sp³-hybridized carbons (Fsp3) is 0.412. The summed E-state index contributed by atoms with van der Waals surface area (Å²) in [6.45, 7) is 3.24. The number of carbonyl (C=O) groups excluding carboxylic acids is 2. The number of nitrogens with zero attached hydrogens (tertiary/aromatic N) is 1. The third kappa shape index (κ3) is 9.90. The number of hydrogen-bond acceptors (Lipinski definition) is 11. The molecule has 1 aliphatic rings. The number of benzene rings is 3. The summed E-state index contributed by atoms with van der Waals surface area (Å²) < 4.78 is 40.6. The second-order valence-electron chi connectivity index (χ2n) is 10.4. The van der Waals surface area contributed by atoms with Crippen molar-refractivity contribution in [1.82, 2.24) is 0 Å². The summed E-state index contributed by atoms with van der Waals surface area (Å²) in [7, 11) is 0. The Kier molecular flexibility index (Phi) is 13.6. The topological polar surface area (TPSA) is 142 Å². The Labute approximate surface area is 267 Å². The molecule has 0 N–H and O–H groups in total. The van der Waals surface area contributed by atoms with Crippen LogP contribution >= 0.6 is 0 Å². The van der Waals surface area contributed by atoms with Gasteiger partial charge in [0.1, 0.15) is 12.2 Å². The van der Waals surface area contributed by atoms with Crippen LogP contribution in [0.2, 0.25) is 0 Å². The smallest absolute Gasteiger partial charge is 0.347 e. The average Bonchev–Trinajstić information content (AvgIpc) is 3.07. The first-order valence-electron chi connectivity index (χ1n) is 15.1. The van der Waals surface area contributed by atoms with E-state index in [2.05, 4.69) is 0 Å². The van der Waals surface area contributed by atoms with Crippen LogP contribution in [0.15, 0.2) is 91.0 Å². The van der Waals surface area contributed by atoms with Crippen molar-refractivity contribution in [3.63, 3.8) is 0 Å². The molecule has 1 fully saturated rings. The van der Waals surface area contributed by atoms with Gasteiger partial charge in [-0.3, -0.25) is 10.1 Å². The number of carbonyl (C=O) groups is 2. The molecule has 3 aromatic rings. The van der Waals surface area contributed by atoms with E-state index in [4.69, 9.17) is 33.2 Å². The van der Waals surface area contributed by atoms with Crippen molar-refractivity contribution >= 4 is 11.9 Å². The largest absolute Gasteiger partial charge is 0.464 e. The van der Waals surface area contributed by atoms with Gasteiger partial charge in [-0.2, -0.15) is 0 Å². The van der Waals surface area contributed by atoms with Crippen molar-refractivity contribution in [1.29, 1.82) is 0 Å². The van der Waals surface area contributed by atoms with Gasteiger partial charge in [0.25, 0.3) is 12.1 Å². The molecule has 1 saturated heterocycles. The molecular weight excluding hydrogens is 598 g/mol. The Hall–Kier alpha value is -4.20. The van der Waals surface area contributed by atoms with Gasteiger partial charge >= 0.3 is 11.9 Å². The fourth-order valence-electron chi connectivity index (χ4n) is 4.93.